The Morgan fingerprint density at radius 2 is 2.00 bits per heavy atom. The molecule has 2 aromatic rings. The number of carbonyl (C=O) groups is 1. The molecule has 1 amide bonds. The van der Waals surface area contributed by atoms with Crippen LogP contribution in [0.5, 0.6) is 0 Å². The first-order valence-corrected chi connectivity index (χ1v) is 7.92. The number of aliphatic hydroxyl groups excluding tert-OH is 1. The van der Waals surface area contributed by atoms with Gasteiger partial charge in [0, 0.05) is 18.2 Å². The summed E-state index contributed by atoms with van der Waals surface area (Å²) in [7, 11) is 0. The van der Waals surface area contributed by atoms with E-state index in [0.29, 0.717) is 6.42 Å². The summed E-state index contributed by atoms with van der Waals surface area (Å²) in [5.41, 5.74) is 4.89. The molecule has 2 rings (SSSR count). The van der Waals surface area contributed by atoms with Crippen LogP contribution in [-0.2, 0) is 11.2 Å². The Morgan fingerprint density at radius 1 is 1.30 bits per heavy atom. The third-order valence-electron chi connectivity index (χ3n) is 4.26. The molecule has 1 heterocycles. The summed E-state index contributed by atoms with van der Waals surface area (Å²) in [5, 5.41) is 20.2. The third-order valence-corrected chi connectivity index (χ3v) is 4.26. The van der Waals surface area contributed by atoms with Crippen molar-refractivity contribution in [1.29, 1.82) is 0 Å². The monoisotopic (exact) mass is 315 g/mol. The van der Waals surface area contributed by atoms with E-state index >= 15 is 0 Å². The molecular formula is C18H25N3O2. The number of rotatable bonds is 6. The fourth-order valence-electron chi connectivity index (χ4n) is 2.72. The number of aromatic nitrogens is 2. The standard InChI is InChI=1S/C18H25N3O2/c1-11-7-5-6-8-15(11)17(22)10-19-18(23)12(2)9-16-13(3)20-21-14(16)4/h5-8,12,17,22H,9-10H2,1-4H3,(H,19,23)(H,20,21)/t12-,17-/m1/s1. The van der Waals surface area contributed by atoms with Crippen molar-refractivity contribution in [3.8, 4) is 0 Å². The van der Waals surface area contributed by atoms with Gasteiger partial charge in [-0.1, -0.05) is 31.2 Å². The third kappa shape index (κ3) is 4.20. The van der Waals surface area contributed by atoms with Crippen molar-refractivity contribution in [2.75, 3.05) is 6.54 Å². The zero-order chi connectivity index (χ0) is 17.0. The van der Waals surface area contributed by atoms with Crippen molar-refractivity contribution < 1.29 is 9.90 Å². The molecule has 0 aliphatic carbocycles. The largest absolute Gasteiger partial charge is 0.387 e. The van der Waals surface area contributed by atoms with Gasteiger partial charge in [0.15, 0.2) is 0 Å². The van der Waals surface area contributed by atoms with Crippen LogP contribution in [0.2, 0.25) is 0 Å². The molecule has 5 heteroatoms. The molecule has 0 bridgehead atoms. The number of aromatic amines is 1. The number of amides is 1. The highest BCUT2D eigenvalue weighted by molar-refractivity contribution is 5.78. The van der Waals surface area contributed by atoms with E-state index in [1.165, 1.54) is 0 Å². The molecule has 0 radical (unpaired) electrons. The lowest BCUT2D eigenvalue weighted by atomic mass is 9.98. The Kier molecular flexibility index (Phi) is 5.55. The van der Waals surface area contributed by atoms with Crippen LogP contribution in [-0.4, -0.2) is 27.8 Å². The van der Waals surface area contributed by atoms with E-state index in [2.05, 4.69) is 15.5 Å². The predicted octanol–water partition coefficient (Wildman–Crippen LogP) is 2.36. The second kappa shape index (κ2) is 7.42. The Hall–Kier alpha value is -2.14. The molecule has 0 saturated carbocycles. The summed E-state index contributed by atoms with van der Waals surface area (Å²) >= 11 is 0. The maximum Gasteiger partial charge on any atom is 0.223 e. The van der Waals surface area contributed by atoms with Gasteiger partial charge in [0.2, 0.25) is 5.91 Å². The Bertz CT molecular complexity index is 659. The number of nitrogens with one attached hydrogen (secondary N) is 2. The second-order valence-electron chi connectivity index (χ2n) is 6.14. The Balaban J connectivity index is 1.90. The molecule has 0 aliphatic heterocycles. The number of aryl methyl sites for hydroxylation is 3. The van der Waals surface area contributed by atoms with Crippen molar-refractivity contribution in [3.05, 3.63) is 52.3 Å². The molecule has 0 unspecified atom stereocenters. The SMILES string of the molecule is Cc1ccccc1[C@H](O)CNC(=O)[C@H](C)Cc1c(C)n[nH]c1C. The highest BCUT2D eigenvalue weighted by Crippen LogP contribution is 2.18. The van der Waals surface area contributed by atoms with E-state index in [-0.39, 0.29) is 18.4 Å². The van der Waals surface area contributed by atoms with Gasteiger partial charge < -0.3 is 10.4 Å². The molecular weight excluding hydrogens is 290 g/mol. The maximum absolute atomic E-state index is 12.3. The number of H-pyrrole nitrogens is 1. The van der Waals surface area contributed by atoms with Crippen LogP contribution < -0.4 is 5.32 Å². The van der Waals surface area contributed by atoms with E-state index in [4.69, 9.17) is 0 Å². The fraction of sp³-hybridized carbons (Fsp3) is 0.444. The van der Waals surface area contributed by atoms with E-state index in [0.717, 1.165) is 28.1 Å². The van der Waals surface area contributed by atoms with Gasteiger partial charge in [-0.3, -0.25) is 9.89 Å². The first kappa shape index (κ1) is 17.2. The van der Waals surface area contributed by atoms with Crippen molar-refractivity contribution in [3.63, 3.8) is 0 Å². The lowest BCUT2D eigenvalue weighted by Crippen LogP contribution is -2.33. The van der Waals surface area contributed by atoms with Crippen LogP contribution in [0.3, 0.4) is 0 Å². The van der Waals surface area contributed by atoms with Crippen LogP contribution in [0.15, 0.2) is 24.3 Å². The molecule has 3 N–H and O–H groups in total. The first-order chi connectivity index (χ1) is 10.9. The normalized spacial score (nSPS) is 13.6. The maximum atomic E-state index is 12.3. The highest BCUT2D eigenvalue weighted by atomic mass is 16.3. The van der Waals surface area contributed by atoms with Crippen LogP contribution in [0, 0.1) is 26.7 Å². The Morgan fingerprint density at radius 3 is 2.61 bits per heavy atom. The van der Waals surface area contributed by atoms with Gasteiger partial charge in [-0.05, 0) is 43.9 Å². The van der Waals surface area contributed by atoms with E-state index in [9.17, 15) is 9.90 Å². The lowest BCUT2D eigenvalue weighted by Gasteiger charge is -2.17. The van der Waals surface area contributed by atoms with Crippen molar-refractivity contribution in [2.45, 2.75) is 40.2 Å². The van der Waals surface area contributed by atoms with E-state index < -0.39 is 6.10 Å². The zero-order valence-electron chi connectivity index (χ0n) is 14.2. The van der Waals surface area contributed by atoms with Gasteiger partial charge in [0.1, 0.15) is 0 Å². The number of nitrogens with zero attached hydrogens (tertiary/aromatic N) is 1. The minimum absolute atomic E-state index is 0.0577. The number of benzene rings is 1. The Labute approximate surface area is 137 Å². The van der Waals surface area contributed by atoms with Crippen molar-refractivity contribution in [1.82, 2.24) is 15.5 Å². The summed E-state index contributed by atoms with van der Waals surface area (Å²) in [5.74, 6) is -0.230. The van der Waals surface area contributed by atoms with Crippen LogP contribution >= 0.6 is 0 Å². The van der Waals surface area contributed by atoms with Gasteiger partial charge in [-0.25, -0.2) is 0 Å². The highest BCUT2D eigenvalue weighted by Gasteiger charge is 2.18. The summed E-state index contributed by atoms with van der Waals surface area (Å²) in [6, 6.07) is 7.66. The predicted molar refractivity (Wildman–Crippen MR) is 90.1 cm³/mol. The first-order valence-electron chi connectivity index (χ1n) is 7.92. The molecule has 1 aromatic carbocycles. The lowest BCUT2D eigenvalue weighted by molar-refractivity contribution is -0.124. The number of hydrogen-bond acceptors (Lipinski definition) is 3. The number of aliphatic hydroxyl groups is 1. The second-order valence-corrected chi connectivity index (χ2v) is 6.14. The summed E-state index contributed by atoms with van der Waals surface area (Å²) in [4.78, 5) is 12.3. The van der Waals surface area contributed by atoms with Gasteiger partial charge in [-0.2, -0.15) is 5.10 Å². The number of hydrogen-bond donors (Lipinski definition) is 3. The molecule has 0 saturated heterocycles. The van der Waals surface area contributed by atoms with Gasteiger partial charge in [-0.15, -0.1) is 0 Å². The molecule has 2 atom stereocenters. The van der Waals surface area contributed by atoms with Gasteiger partial charge in [0.05, 0.1) is 11.8 Å². The van der Waals surface area contributed by atoms with Gasteiger partial charge in [0.25, 0.3) is 0 Å². The van der Waals surface area contributed by atoms with Gasteiger partial charge >= 0.3 is 0 Å². The summed E-state index contributed by atoms with van der Waals surface area (Å²) < 4.78 is 0. The van der Waals surface area contributed by atoms with Crippen molar-refractivity contribution in [2.24, 2.45) is 5.92 Å². The summed E-state index contributed by atoms with van der Waals surface area (Å²) in [6.07, 6.45) is -0.0507. The van der Waals surface area contributed by atoms with Crippen LogP contribution in [0.1, 0.15) is 41.1 Å². The smallest absolute Gasteiger partial charge is 0.223 e. The van der Waals surface area contributed by atoms with Crippen molar-refractivity contribution >= 4 is 5.91 Å². The minimum atomic E-state index is -0.690. The average molecular weight is 315 g/mol. The summed E-state index contributed by atoms with van der Waals surface area (Å²) in [6.45, 7) is 7.96. The van der Waals surface area contributed by atoms with Crippen LogP contribution in [0.4, 0.5) is 0 Å². The quantitative estimate of drug-likeness (QED) is 0.766. The minimum Gasteiger partial charge on any atom is -0.387 e. The molecule has 5 nitrogen and oxygen atoms in total. The average Bonchev–Trinajstić information content (AvgIpc) is 2.84. The molecule has 0 aliphatic rings. The van der Waals surface area contributed by atoms with Crippen LogP contribution in [0.25, 0.3) is 0 Å². The molecule has 0 spiro atoms. The van der Waals surface area contributed by atoms with E-state index in [1.54, 1.807) is 0 Å². The number of carbonyl (C=O) groups excluding carboxylic acids is 1. The fourth-order valence-corrected chi connectivity index (χ4v) is 2.72. The van der Waals surface area contributed by atoms with E-state index in [1.807, 2.05) is 52.0 Å². The zero-order valence-corrected chi connectivity index (χ0v) is 14.2. The molecule has 0 fully saturated rings. The molecule has 1 aromatic heterocycles. The topological polar surface area (TPSA) is 78.0 Å². The molecule has 23 heavy (non-hydrogen) atoms. The molecule has 124 valence electrons.